The predicted octanol–water partition coefficient (Wildman–Crippen LogP) is 3.67. The van der Waals surface area contributed by atoms with Crippen molar-refractivity contribution in [3.8, 4) is 0 Å². The van der Waals surface area contributed by atoms with Crippen LogP contribution >= 0.6 is 11.6 Å². The van der Waals surface area contributed by atoms with Crippen LogP contribution in [0.5, 0.6) is 0 Å². The second kappa shape index (κ2) is 11.5. The molecule has 2 rings (SSSR count). The van der Waals surface area contributed by atoms with Gasteiger partial charge in [-0.1, -0.05) is 42.8 Å². The number of sulfonamides is 1. The molecular weight excluding hydrogens is 462 g/mol. The molecule has 1 N–H and O–H groups in total. The minimum atomic E-state index is -3.76. The molecule has 0 spiro atoms. The number of carbonyl (C=O) groups excluding carboxylic acids is 2. The van der Waals surface area contributed by atoms with E-state index in [0.717, 1.165) is 28.1 Å². The molecule has 0 unspecified atom stereocenters. The van der Waals surface area contributed by atoms with E-state index in [-0.39, 0.29) is 12.5 Å². The van der Waals surface area contributed by atoms with Crippen LogP contribution in [-0.4, -0.2) is 50.5 Å². The van der Waals surface area contributed by atoms with Crippen LogP contribution in [0.15, 0.2) is 42.5 Å². The standard InChI is InChI=1S/C24H32ClN3O4S/c1-6-11-26-24(30)19(4)27(15-20-9-7-8-10-22(20)25)23(29)16-28(33(5,31)32)21-13-17(2)12-18(3)14-21/h7-10,12-14,19H,6,11,15-16H2,1-5H3,(H,26,30)/t19-/m1/s1. The summed E-state index contributed by atoms with van der Waals surface area (Å²) in [5, 5.41) is 3.26. The second-order valence-corrected chi connectivity index (χ2v) is 10.5. The van der Waals surface area contributed by atoms with Gasteiger partial charge in [-0.05, 0) is 62.1 Å². The highest BCUT2D eigenvalue weighted by Crippen LogP contribution is 2.23. The van der Waals surface area contributed by atoms with Crippen LogP contribution in [0.1, 0.15) is 37.0 Å². The van der Waals surface area contributed by atoms with Crippen LogP contribution in [0.3, 0.4) is 0 Å². The fraction of sp³-hybridized carbons (Fsp3) is 0.417. The Morgan fingerprint density at radius 1 is 1.09 bits per heavy atom. The maximum atomic E-state index is 13.5. The molecule has 33 heavy (non-hydrogen) atoms. The minimum Gasteiger partial charge on any atom is -0.354 e. The summed E-state index contributed by atoms with van der Waals surface area (Å²) >= 11 is 6.31. The van der Waals surface area contributed by atoms with Gasteiger partial charge in [0.25, 0.3) is 0 Å². The third-order valence-corrected chi connectivity index (χ3v) is 6.70. The van der Waals surface area contributed by atoms with Gasteiger partial charge in [-0.3, -0.25) is 13.9 Å². The van der Waals surface area contributed by atoms with Crippen molar-refractivity contribution < 1.29 is 18.0 Å². The van der Waals surface area contributed by atoms with Crippen molar-refractivity contribution in [2.75, 3.05) is 23.7 Å². The molecule has 0 radical (unpaired) electrons. The number of hydrogen-bond donors (Lipinski definition) is 1. The lowest BCUT2D eigenvalue weighted by Crippen LogP contribution is -2.51. The number of nitrogens with one attached hydrogen (secondary N) is 1. The molecule has 0 saturated carbocycles. The Kier molecular flexibility index (Phi) is 9.31. The van der Waals surface area contributed by atoms with Gasteiger partial charge in [-0.2, -0.15) is 0 Å². The molecule has 2 aromatic rings. The van der Waals surface area contributed by atoms with E-state index in [2.05, 4.69) is 5.32 Å². The Hall–Kier alpha value is -2.58. The van der Waals surface area contributed by atoms with Crippen molar-refractivity contribution in [3.05, 3.63) is 64.2 Å². The SMILES string of the molecule is CCCNC(=O)[C@@H](C)N(Cc1ccccc1Cl)C(=O)CN(c1cc(C)cc(C)c1)S(C)(=O)=O. The fourth-order valence-corrected chi connectivity index (χ4v) is 4.53. The molecule has 0 aliphatic rings. The summed E-state index contributed by atoms with van der Waals surface area (Å²) in [7, 11) is -3.76. The molecule has 9 heteroatoms. The van der Waals surface area contributed by atoms with Crippen molar-refractivity contribution in [1.82, 2.24) is 10.2 Å². The lowest BCUT2D eigenvalue weighted by molar-refractivity contribution is -0.139. The molecule has 0 fully saturated rings. The molecule has 0 heterocycles. The number of nitrogens with zero attached hydrogens (tertiary/aromatic N) is 2. The molecule has 0 aromatic heterocycles. The largest absolute Gasteiger partial charge is 0.354 e. The van der Waals surface area contributed by atoms with E-state index in [0.29, 0.717) is 22.8 Å². The van der Waals surface area contributed by atoms with E-state index < -0.39 is 28.5 Å². The minimum absolute atomic E-state index is 0.0731. The van der Waals surface area contributed by atoms with Crippen LogP contribution in [-0.2, 0) is 26.2 Å². The number of hydrogen-bond acceptors (Lipinski definition) is 4. The zero-order chi connectivity index (χ0) is 24.8. The molecule has 7 nitrogen and oxygen atoms in total. The Labute approximate surface area is 201 Å². The van der Waals surface area contributed by atoms with Gasteiger partial charge >= 0.3 is 0 Å². The third-order valence-electron chi connectivity index (χ3n) is 5.19. The van der Waals surface area contributed by atoms with Gasteiger partial charge in [0.1, 0.15) is 12.6 Å². The van der Waals surface area contributed by atoms with Crippen LogP contribution in [0.4, 0.5) is 5.69 Å². The summed E-state index contributed by atoms with van der Waals surface area (Å²) in [5.41, 5.74) is 2.83. The monoisotopic (exact) mass is 493 g/mol. The lowest BCUT2D eigenvalue weighted by Gasteiger charge is -2.31. The first kappa shape index (κ1) is 26.7. The number of benzene rings is 2. The first-order valence-electron chi connectivity index (χ1n) is 10.8. The summed E-state index contributed by atoms with van der Waals surface area (Å²) in [5.74, 6) is -0.812. The smallest absolute Gasteiger partial charge is 0.244 e. The number of halogens is 1. The molecule has 180 valence electrons. The molecule has 0 aliphatic heterocycles. The maximum absolute atomic E-state index is 13.5. The summed E-state index contributed by atoms with van der Waals surface area (Å²) in [6.07, 6.45) is 1.82. The van der Waals surface area contributed by atoms with Crippen LogP contribution in [0, 0.1) is 13.8 Å². The van der Waals surface area contributed by atoms with Gasteiger partial charge in [0, 0.05) is 18.1 Å². The van der Waals surface area contributed by atoms with E-state index in [1.807, 2.05) is 26.8 Å². The summed E-state index contributed by atoms with van der Waals surface area (Å²) in [4.78, 5) is 27.5. The van der Waals surface area contributed by atoms with Crippen molar-refractivity contribution in [1.29, 1.82) is 0 Å². The molecule has 2 amide bonds. The van der Waals surface area contributed by atoms with Gasteiger partial charge in [0.15, 0.2) is 0 Å². The van der Waals surface area contributed by atoms with Gasteiger partial charge in [-0.25, -0.2) is 8.42 Å². The molecule has 2 aromatic carbocycles. The van der Waals surface area contributed by atoms with Gasteiger partial charge in [0.05, 0.1) is 11.9 Å². The fourth-order valence-electron chi connectivity index (χ4n) is 3.50. The molecular formula is C24H32ClN3O4S. The van der Waals surface area contributed by atoms with Crippen LogP contribution < -0.4 is 9.62 Å². The average Bonchev–Trinajstić information content (AvgIpc) is 2.73. The number of amides is 2. The predicted molar refractivity (Wildman–Crippen MR) is 133 cm³/mol. The van der Waals surface area contributed by atoms with Crippen molar-refractivity contribution in [3.63, 3.8) is 0 Å². The number of carbonyl (C=O) groups is 2. The maximum Gasteiger partial charge on any atom is 0.244 e. The Balaban J connectivity index is 2.42. The summed E-state index contributed by atoms with van der Waals surface area (Å²) < 4.78 is 26.3. The van der Waals surface area contributed by atoms with E-state index in [9.17, 15) is 18.0 Å². The quantitative estimate of drug-likeness (QED) is 0.547. The normalized spacial score (nSPS) is 12.2. The Morgan fingerprint density at radius 2 is 1.70 bits per heavy atom. The zero-order valence-electron chi connectivity index (χ0n) is 19.8. The third kappa shape index (κ3) is 7.47. The van der Waals surface area contributed by atoms with Crippen molar-refractivity contribution in [2.45, 2.75) is 46.7 Å². The highest BCUT2D eigenvalue weighted by atomic mass is 35.5. The molecule has 0 aliphatic carbocycles. The number of aryl methyl sites for hydroxylation is 2. The van der Waals surface area contributed by atoms with Gasteiger partial charge < -0.3 is 10.2 Å². The van der Waals surface area contributed by atoms with E-state index >= 15 is 0 Å². The molecule has 0 bridgehead atoms. The highest BCUT2D eigenvalue weighted by Gasteiger charge is 2.30. The van der Waals surface area contributed by atoms with Crippen LogP contribution in [0.25, 0.3) is 0 Å². The lowest BCUT2D eigenvalue weighted by atomic mass is 10.1. The first-order valence-corrected chi connectivity index (χ1v) is 13.0. The first-order chi connectivity index (χ1) is 15.4. The number of anilines is 1. The van der Waals surface area contributed by atoms with Crippen molar-refractivity contribution >= 4 is 39.1 Å². The summed E-state index contributed by atoms with van der Waals surface area (Å²) in [6, 6.07) is 11.6. The number of rotatable bonds is 10. The topological polar surface area (TPSA) is 86.8 Å². The Bertz CT molecular complexity index is 1080. The van der Waals surface area contributed by atoms with Gasteiger partial charge in [-0.15, -0.1) is 0 Å². The van der Waals surface area contributed by atoms with Crippen LogP contribution in [0.2, 0.25) is 5.02 Å². The second-order valence-electron chi connectivity index (χ2n) is 8.20. The van der Waals surface area contributed by atoms with E-state index in [1.54, 1.807) is 43.3 Å². The molecule has 1 atom stereocenters. The highest BCUT2D eigenvalue weighted by molar-refractivity contribution is 7.92. The van der Waals surface area contributed by atoms with Gasteiger partial charge in [0.2, 0.25) is 21.8 Å². The van der Waals surface area contributed by atoms with E-state index in [4.69, 9.17) is 11.6 Å². The zero-order valence-corrected chi connectivity index (χ0v) is 21.3. The Morgan fingerprint density at radius 3 is 2.24 bits per heavy atom. The van der Waals surface area contributed by atoms with Crippen molar-refractivity contribution in [2.24, 2.45) is 0 Å². The summed E-state index contributed by atoms with van der Waals surface area (Å²) in [6.45, 7) is 7.41. The molecule has 0 saturated heterocycles. The van der Waals surface area contributed by atoms with E-state index in [1.165, 1.54) is 4.90 Å². The average molecular weight is 494 g/mol.